The Morgan fingerprint density at radius 2 is 1.31 bits per heavy atom. The summed E-state index contributed by atoms with van der Waals surface area (Å²) in [6.45, 7) is 4.51. The number of benzene rings is 4. The third-order valence-electron chi connectivity index (χ3n) is 7.08. The Kier molecular flexibility index (Phi) is 8.34. The van der Waals surface area contributed by atoms with Crippen molar-refractivity contribution in [3.8, 4) is 5.75 Å². The van der Waals surface area contributed by atoms with Gasteiger partial charge in [-0.25, -0.2) is 0 Å². The lowest BCUT2D eigenvalue weighted by molar-refractivity contribution is -0.118. The molecular formula is C33H33N3O3. The van der Waals surface area contributed by atoms with E-state index in [1.165, 1.54) is 11.1 Å². The average molecular weight is 520 g/mol. The molecule has 1 heterocycles. The van der Waals surface area contributed by atoms with E-state index < -0.39 is 0 Å². The highest BCUT2D eigenvalue weighted by molar-refractivity contribution is 6.04. The number of amides is 2. The average Bonchev–Trinajstić information content (AvgIpc) is 2.98. The summed E-state index contributed by atoms with van der Waals surface area (Å²) in [5.74, 6) is 0.275. The predicted molar refractivity (Wildman–Crippen MR) is 154 cm³/mol. The number of nitrogens with zero attached hydrogens (tertiary/aromatic N) is 2. The SMILES string of the molecule is Cc1ccccc1OCC(=O)Nc1ccccc1C(=O)N1CCN(C(c2ccccc2)c2ccccc2)CC1. The molecule has 198 valence electrons. The summed E-state index contributed by atoms with van der Waals surface area (Å²) >= 11 is 0. The summed E-state index contributed by atoms with van der Waals surface area (Å²) in [5, 5.41) is 2.87. The highest BCUT2D eigenvalue weighted by Gasteiger charge is 2.29. The first-order valence-corrected chi connectivity index (χ1v) is 13.3. The molecule has 0 aromatic heterocycles. The molecule has 5 rings (SSSR count). The molecule has 0 atom stereocenters. The van der Waals surface area contributed by atoms with Crippen LogP contribution in [0.15, 0.2) is 109 Å². The quantitative estimate of drug-likeness (QED) is 0.331. The van der Waals surface area contributed by atoms with E-state index in [4.69, 9.17) is 4.74 Å². The number of aryl methyl sites for hydroxylation is 1. The van der Waals surface area contributed by atoms with Crippen molar-refractivity contribution in [3.63, 3.8) is 0 Å². The molecule has 4 aromatic carbocycles. The Bertz CT molecular complexity index is 1360. The van der Waals surface area contributed by atoms with Crippen LogP contribution in [-0.2, 0) is 4.79 Å². The topological polar surface area (TPSA) is 61.9 Å². The minimum absolute atomic E-state index is 0.0821. The molecule has 6 heteroatoms. The lowest BCUT2D eigenvalue weighted by atomic mass is 9.96. The molecule has 1 fully saturated rings. The molecule has 6 nitrogen and oxygen atoms in total. The van der Waals surface area contributed by atoms with Crippen LogP contribution < -0.4 is 10.1 Å². The van der Waals surface area contributed by atoms with Crippen LogP contribution in [0.1, 0.15) is 33.1 Å². The van der Waals surface area contributed by atoms with E-state index in [0.29, 0.717) is 30.1 Å². The summed E-state index contributed by atoms with van der Waals surface area (Å²) in [6, 6.07) is 35.9. The molecule has 1 aliphatic heterocycles. The zero-order valence-electron chi connectivity index (χ0n) is 22.1. The van der Waals surface area contributed by atoms with Crippen LogP contribution in [0.3, 0.4) is 0 Å². The highest BCUT2D eigenvalue weighted by Crippen LogP contribution is 2.30. The third kappa shape index (κ3) is 6.36. The van der Waals surface area contributed by atoms with Gasteiger partial charge in [0.2, 0.25) is 0 Å². The van der Waals surface area contributed by atoms with Crippen molar-refractivity contribution < 1.29 is 14.3 Å². The fourth-order valence-corrected chi connectivity index (χ4v) is 5.06. The van der Waals surface area contributed by atoms with Gasteiger partial charge in [0.05, 0.1) is 17.3 Å². The molecule has 0 radical (unpaired) electrons. The van der Waals surface area contributed by atoms with E-state index in [2.05, 4.69) is 58.7 Å². The Morgan fingerprint density at radius 3 is 1.95 bits per heavy atom. The number of carbonyl (C=O) groups is 2. The molecule has 1 N–H and O–H groups in total. The van der Waals surface area contributed by atoms with Crippen LogP contribution in [0.2, 0.25) is 0 Å². The second-order valence-corrected chi connectivity index (χ2v) is 9.70. The number of hydrogen-bond donors (Lipinski definition) is 1. The number of rotatable bonds is 8. The van der Waals surface area contributed by atoms with Crippen LogP contribution in [0.5, 0.6) is 5.75 Å². The molecule has 1 saturated heterocycles. The Labute approximate surface area is 229 Å². The number of hydrogen-bond acceptors (Lipinski definition) is 4. The van der Waals surface area contributed by atoms with Gasteiger partial charge in [0.25, 0.3) is 11.8 Å². The van der Waals surface area contributed by atoms with E-state index >= 15 is 0 Å². The molecule has 2 amide bonds. The molecular weight excluding hydrogens is 486 g/mol. The normalized spacial score (nSPS) is 13.7. The predicted octanol–water partition coefficient (Wildman–Crippen LogP) is 5.56. The molecule has 0 bridgehead atoms. The molecule has 0 saturated carbocycles. The number of piperazine rings is 1. The molecule has 1 aliphatic rings. The summed E-state index contributed by atoms with van der Waals surface area (Å²) in [7, 11) is 0. The first-order chi connectivity index (χ1) is 19.1. The maximum atomic E-state index is 13.6. The molecule has 0 aliphatic carbocycles. The van der Waals surface area contributed by atoms with Crippen molar-refractivity contribution in [2.24, 2.45) is 0 Å². The van der Waals surface area contributed by atoms with Gasteiger partial charge in [-0.15, -0.1) is 0 Å². The fraction of sp³-hybridized carbons (Fsp3) is 0.212. The lowest BCUT2D eigenvalue weighted by Crippen LogP contribution is -2.50. The molecule has 39 heavy (non-hydrogen) atoms. The highest BCUT2D eigenvalue weighted by atomic mass is 16.5. The van der Waals surface area contributed by atoms with E-state index in [0.717, 1.165) is 18.7 Å². The van der Waals surface area contributed by atoms with E-state index in [-0.39, 0.29) is 24.5 Å². The number of ether oxygens (including phenoxy) is 1. The number of anilines is 1. The summed E-state index contributed by atoms with van der Waals surface area (Å²) in [6.07, 6.45) is 0. The summed E-state index contributed by atoms with van der Waals surface area (Å²) in [4.78, 5) is 30.5. The molecule has 0 spiro atoms. The van der Waals surface area contributed by atoms with Crippen LogP contribution in [0.25, 0.3) is 0 Å². The van der Waals surface area contributed by atoms with Gasteiger partial charge in [0.1, 0.15) is 5.75 Å². The monoisotopic (exact) mass is 519 g/mol. The lowest BCUT2D eigenvalue weighted by Gasteiger charge is -2.40. The van der Waals surface area contributed by atoms with Gasteiger partial charge in [-0.05, 0) is 41.8 Å². The van der Waals surface area contributed by atoms with Crippen molar-refractivity contribution >= 4 is 17.5 Å². The first kappa shape index (κ1) is 26.2. The van der Waals surface area contributed by atoms with Crippen LogP contribution in [0, 0.1) is 6.92 Å². The smallest absolute Gasteiger partial charge is 0.262 e. The van der Waals surface area contributed by atoms with E-state index in [9.17, 15) is 9.59 Å². The van der Waals surface area contributed by atoms with Gasteiger partial charge in [-0.1, -0.05) is 91.0 Å². The second kappa shape index (κ2) is 12.4. The van der Waals surface area contributed by atoms with Crippen LogP contribution >= 0.6 is 0 Å². The maximum Gasteiger partial charge on any atom is 0.262 e. The van der Waals surface area contributed by atoms with Gasteiger partial charge in [-0.2, -0.15) is 0 Å². The van der Waals surface area contributed by atoms with Crippen LogP contribution in [0.4, 0.5) is 5.69 Å². The Hall–Kier alpha value is -4.42. The van der Waals surface area contributed by atoms with Crippen molar-refractivity contribution in [3.05, 3.63) is 131 Å². The fourth-order valence-electron chi connectivity index (χ4n) is 5.06. The number of para-hydroxylation sites is 2. The first-order valence-electron chi connectivity index (χ1n) is 13.3. The Balaban J connectivity index is 1.24. The summed E-state index contributed by atoms with van der Waals surface area (Å²) < 4.78 is 5.68. The minimum Gasteiger partial charge on any atom is -0.483 e. The molecule has 0 unspecified atom stereocenters. The van der Waals surface area contributed by atoms with Crippen molar-refractivity contribution in [2.75, 3.05) is 38.1 Å². The minimum atomic E-state index is -0.308. The van der Waals surface area contributed by atoms with Crippen molar-refractivity contribution in [1.29, 1.82) is 0 Å². The second-order valence-electron chi connectivity index (χ2n) is 9.70. The zero-order chi connectivity index (χ0) is 27.0. The zero-order valence-corrected chi connectivity index (χ0v) is 22.1. The van der Waals surface area contributed by atoms with E-state index in [1.807, 2.05) is 60.4 Å². The van der Waals surface area contributed by atoms with Crippen molar-refractivity contribution in [2.45, 2.75) is 13.0 Å². The van der Waals surface area contributed by atoms with Gasteiger partial charge < -0.3 is 15.0 Å². The Morgan fingerprint density at radius 1 is 0.744 bits per heavy atom. The van der Waals surface area contributed by atoms with Crippen LogP contribution in [-0.4, -0.2) is 54.4 Å². The van der Waals surface area contributed by atoms with Crippen molar-refractivity contribution in [1.82, 2.24) is 9.80 Å². The van der Waals surface area contributed by atoms with Gasteiger partial charge in [0.15, 0.2) is 6.61 Å². The van der Waals surface area contributed by atoms with E-state index in [1.54, 1.807) is 12.1 Å². The standard InChI is InChI=1S/C33H33N3O3/c1-25-12-8-11-19-30(25)39-24-31(37)34-29-18-10-9-17-28(29)33(38)36-22-20-35(21-23-36)32(26-13-4-2-5-14-26)27-15-6-3-7-16-27/h2-19,32H,20-24H2,1H3,(H,34,37). The summed E-state index contributed by atoms with van der Waals surface area (Å²) in [5.41, 5.74) is 4.42. The third-order valence-corrected chi connectivity index (χ3v) is 7.08. The maximum absolute atomic E-state index is 13.6. The van der Waals surface area contributed by atoms with Gasteiger partial charge in [-0.3, -0.25) is 14.5 Å². The van der Waals surface area contributed by atoms with Gasteiger partial charge in [0, 0.05) is 26.2 Å². The number of carbonyl (C=O) groups excluding carboxylic acids is 2. The molecule has 4 aromatic rings. The largest absolute Gasteiger partial charge is 0.483 e. The number of nitrogens with one attached hydrogen (secondary N) is 1. The van der Waals surface area contributed by atoms with Gasteiger partial charge >= 0.3 is 0 Å².